The second-order valence-electron chi connectivity index (χ2n) is 10.1. The third-order valence-electron chi connectivity index (χ3n) is 7.40. The molecule has 1 N–H and O–H groups in total. The zero-order valence-electron chi connectivity index (χ0n) is 21.0. The second-order valence-corrected chi connectivity index (χ2v) is 10.1. The van der Waals surface area contributed by atoms with Crippen molar-refractivity contribution >= 4 is 17.8 Å². The number of benzene rings is 2. The number of imide groups is 1. The molecule has 2 heterocycles. The minimum atomic E-state index is -0.932. The van der Waals surface area contributed by atoms with Gasteiger partial charge in [-0.15, -0.1) is 0 Å². The van der Waals surface area contributed by atoms with Gasteiger partial charge in [-0.2, -0.15) is 0 Å². The van der Waals surface area contributed by atoms with Crippen LogP contribution in [0.3, 0.4) is 0 Å². The Labute approximate surface area is 208 Å². The highest BCUT2D eigenvalue weighted by molar-refractivity contribution is 6.07. The number of likely N-dealkylation sites (tertiary alicyclic amines) is 1. The predicted octanol–water partition coefficient (Wildman–Crippen LogP) is 3.33. The molecule has 4 amide bonds. The topological polar surface area (TPSA) is 73.0 Å². The number of nitrogens with zero attached hydrogens (tertiary/aromatic N) is 3. The van der Waals surface area contributed by atoms with Crippen molar-refractivity contribution in [2.24, 2.45) is 5.92 Å². The van der Waals surface area contributed by atoms with E-state index in [4.69, 9.17) is 0 Å². The Morgan fingerprint density at radius 1 is 1.03 bits per heavy atom. The Morgan fingerprint density at radius 2 is 1.69 bits per heavy atom. The van der Waals surface area contributed by atoms with Crippen LogP contribution in [0.1, 0.15) is 40.7 Å². The maximum Gasteiger partial charge on any atom is 0.325 e. The van der Waals surface area contributed by atoms with E-state index in [-0.39, 0.29) is 23.8 Å². The number of carbonyl (C=O) groups is 3. The van der Waals surface area contributed by atoms with Gasteiger partial charge in [0.05, 0.1) is 0 Å². The van der Waals surface area contributed by atoms with Gasteiger partial charge in [0.1, 0.15) is 5.54 Å². The smallest absolute Gasteiger partial charge is 0.325 e. The SMILES string of the molecule is Cc1ccc(C(=O)N2CCC([C@]3(CCc4ccccc4)NC(=O)N(CCN(C)C)C3=O)CC2)cc1. The molecular formula is C28H36N4O3. The summed E-state index contributed by atoms with van der Waals surface area (Å²) in [6.07, 6.45) is 2.62. The summed E-state index contributed by atoms with van der Waals surface area (Å²) in [7, 11) is 3.86. The van der Waals surface area contributed by atoms with Crippen LogP contribution in [0.4, 0.5) is 4.79 Å². The van der Waals surface area contributed by atoms with Crippen LogP contribution in [0.25, 0.3) is 0 Å². The van der Waals surface area contributed by atoms with Crippen LogP contribution in [-0.4, -0.2) is 78.4 Å². The zero-order valence-corrected chi connectivity index (χ0v) is 21.0. The summed E-state index contributed by atoms with van der Waals surface area (Å²) in [5, 5.41) is 3.13. The highest BCUT2D eigenvalue weighted by atomic mass is 16.2. The molecule has 0 unspecified atom stereocenters. The van der Waals surface area contributed by atoms with Gasteiger partial charge in [0.15, 0.2) is 0 Å². The molecule has 0 saturated carbocycles. The van der Waals surface area contributed by atoms with Crippen LogP contribution in [0.2, 0.25) is 0 Å². The summed E-state index contributed by atoms with van der Waals surface area (Å²) in [5.74, 6) is -0.117. The molecule has 186 valence electrons. The summed E-state index contributed by atoms with van der Waals surface area (Å²) >= 11 is 0. The van der Waals surface area contributed by atoms with Crippen LogP contribution in [0, 0.1) is 12.8 Å². The Hall–Kier alpha value is -3.19. The predicted molar refractivity (Wildman–Crippen MR) is 136 cm³/mol. The Bertz CT molecular complexity index is 1050. The lowest BCUT2D eigenvalue weighted by atomic mass is 9.74. The number of urea groups is 1. The lowest BCUT2D eigenvalue weighted by Gasteiger charge is -2.41. The number of carbonyl (C=O) groups excluding carboxylic acids is 3. The monoisotopic (exact) mass is 476 g/mol. The molecule has 1 atom stereocenters. The Kier molecular flexibility index (Phi) is 7.55. The average Bonchev–Trinajstić information content (AvgIpc) is 3.11. The van der Waals surface area contributed by atoms with Crippen molar-refractivity contribution in [2.75, 3.05) is 40.3 Å². The van der Waals surface area contributed by atoms with E-state index >= 15 is 0 Å². The maximum absolute atomic E-state index is 13.8. The van der Waals surface area contributed by atoms with Crippen LogP contribution in [0.15, 0.2) is 54.6 Å². The van der Waals surface area contributed by atoms with Gasteiger partial charge in [-0.05, 0) is 70.3 Å². The summed E-state index contributed by atoms with van der Waals surface area (Å²) in [4.78, 5) is 45.0. The number of nitrogens with one attached hydrogen (secondary N) is 1. The molecule has 35 heavy (non-hydrogen) atoms. The minimum absolute atomic E-state index is 0.0194. The Morgan fingerprint density at radius 3 is 2.31 bits per heavy atom. The van der Waals surface area contributed by atoms with Gasteiger partial charge >= 0.3 is 6.03 Å². The maximum atomic E-state index is 13.8. The van der Waals surface area contributed by atoms with Gasteiger partial charge < -0.3 is 15.1 Å². The van der Waals surface area contributed by atoms with Crippen LogP contribution in [0.5, 0.6) is 0 Å². The third-order valence-corrected chi connectivity index (χ3v) is 7.40. The molecule has 0 radical (unpaired) electrons. The van der Waals surface area contributed by atoms with E-state index in [0.717, 1.165) is 11.1 Å². The number of rotatable bonds is 8. The fourth-order valence-electron chi connectivity index (χ4n) is 5.24. The molecule has 2 aromatic carbocycles. The largest absolute Gasteiger partial charge is 0.339 e. The number of likely N-dealkylation sites (N-methyl/N-ethyl adjacent to an activating group) is 1. The molecule has 2 fully saturated rings. The van der Waals surface area contributed by atoms with Gasteiger partial charge in [0.2, 0.25) is 0 Å². The molecule has 2 aliphatic rings. The first-order valence-corrected chi connectivity index (χ1v) is 12.5. The molecular weight excluding hydrogens is 440 g/mol. The molecule has 2 saturated heterocycles. The van der Waals surface area contributed by atoms with Crippen molar-refractivity contribution in [3.05, 3.63) is 71.3 Å². The number of hydrogen-bond donors (Lipinski definition) is 1. The van der Waals surface area contributed by atoms with Crippen molar-refractivity contribution in [1.82, 2.24) is 20.0 Å². The summed E-state index contributed by atoms with van der Waals surface area (Å²) in [6, 6.07) is 17.4. The van der Waals surface area contributed by atoms with E-state index < -0.39 is 5.54 Å². The molecule has 0 bridgehead atoms. The van der Waals surface area contributed by atoms with E-state index in [1.807, 2.05) is 73.3 Å². The van der Waals surface area contributed by atoms with E-state index in [9.17, 15) is 14.4 Å². The first kappa shape index (κ1) is 24.9. The number of aryl methyl sites for hydroxylation is 2. The van der Waals surface area contributed by atoms with E-state index in [0.29, 0.717) is 57.4 Å². The number of piperidine rings is 1. The lowest BCUT2D eigenvalue weighted by molar-refractivity contribution is -0.134. The molecule has 2 aromatic rings. The van der Waals surface area contributed by atoms with E-state index in [1.165, 1.54) is 4.90 Å². The average molecular weight is 477 g/mol. The molecule has 0 aliphatic carbocycles. The molecule has 4 rings (SSSR count). The van der Waals surface area contributed by atoms with Crippen molar-refractivity contribution in [3.8, 4) is 0 Å². The molecule has 7 heteroatoms. The quantitative estimate of drug-likeness (QED) is 0.593. The highest BCUT2D eigenvalue weighted by Crippen LogP contribution is 2.37. The minimum Gasteiger partial charge on any atom is -0.339 e. The Balaban J connectivity index is 1.51. The first-order chi connectivity index (χ1) is 16.8. The molecule has 0 spiro atoms. The van der Waals surface area contributed by atoms with Gasteiger partial charge in [-0.1, -0.05) is 48.0 Å². The zero-order chi connectivity index (χ0) is 25.0. The first-order valence-electron chi connectivity index (χ1n) is 12.5. The lowest BCUT2D eigenvalue weighted by Crippen LogP contribution is -2.57. The van der Waals surface area contributed by atoms with Gasteiger partial charge in [-0.25, -0.2) is 4.79 Å². The van der Waals surface area contributed by atoms with Crippen molar-refractivity contribution in [2.45, 2.75) is 38.1 Å². The fourth-order valence-corrected chi connectivity index (χ4v) is 5.24. The van der Waals surface area contributed by atoms with Gasteiger partial charge in [0, 0.05) is 31.7 Å². The van der Waals surface area contributed by atoms with Crippen molar-refractivity contribution < 1.29 is 14.4 Å². The van der Waals surface area contributed by atoms with Gasteiger partial charge in [0.25, 0.3) is 11.8 Å². The molecule has 7 nitrogen and oxygen atoms in total. The summed E-state index contributed by atoms with van der Waals surface area (Å²) in [6.45, 7) is 4.15. The fraction of sp³-hybridized carbons (Fsp3) is 0.464. The number of hydrogen-bond acceptors (Lipinski definition) is 4. The summed E-state index contributed by atoms with van der Waals surface area (Å²) < 4.78 is 0. The number of amides is 4. The summed E-state index contributed by atoms with van der Waals surface area (Å²) in [5.41, 5.74) is 2.02. The highest BCUT2D eigenvalue weighted by Gasteiger charge is 2.55. The standard InChI is InChI=1S/C28H36N4O3/c1-21-9-11-23(12-10-21)25(33)31-17-14-24(15-18-31)28(16-13-22-7-5-4-6-8-22)26(34)32(27(35)29-28)20-19-30(2)3/h4-12,24H,13-20H2,1-3H3,(H,29,35)/t28-/m0/s1. The second kappa shape index (κ2) is 10.6. The third kappa shape index (κ3) is 5.40. The van der Waals surface area contributed by atoms with Crippen LogP contribution in [-0.2, 0) is 11.2 Å². The molecule has 2 aliphatic heterocycles. The van der Waals surface area contributed by atoms with E-state index in [1.54, 1.807) is 0 Å². The van der Waals surface area contributed by atoms with E-state index in [2.05, 4.69) is 17.4 Å². The van der Waals surface area contributed by atoms with Crippen molar-refractivity contribution in [3.63, 3.8) is 0 Å². The van der Waals surface area contributed by atoms with Crippen LogP contribution < -0.4 is 5.32 Å². The normalized spacial score (nSPS) is 21.0. The van der Waals surface area contributed by atoms with Crippen LogP contribution >= 0.6 is 0 Å². The van der Waals surface area contributed by atoms with Crippen molar-refractivity contribution in [1.29, 1.82) is 0 Å². The van der Waals surface area contributed by atoms with Gasteiger partial charge in [-0.3, -0.25) is 14.5 Å². The molecule has 0 aromatic heterocycles.